The molecule has 11 aromatic rings. The number of para-hydroxylation sites is 2. The monoisotopic (exact) mass is 701 g/mol. The highest BCUT2D eigenvalue weighted by Crippen LogP contribution is 2.40. The summed E-state index contributed by atoms with van der Waals surface area (Å²) in [6.45, 7) is 0. The van der Waals surface area contributed by atoms with E-state index in [2.05, 4.69) is 164 Å². The summed E-state index contributed by atoms with van der Waals surface area (Å²) in [5.41, 5.74) is 8.68. The van der Waals surface area contributed by atoms with Crippen LogP contribution in [-0.2, 0) is 0 Å². The summed E-state index contributed by atoms with van der Waals surface area (Å²) >= 11 is 0. The first kappa shape index (κ1) is 31.1. The predicted molar refractivity (Wildman–Crippen MR) is 227 cm³/mol. The van der Waals surface area contributed by atoms with E-state index in [4.69, 9.17) is 19.4 Å². The fourth-order valence-electron chi connectivity index (χ4n) is 8.16. The number of benzene rings is 9. The molecule has 0 aliphatic rings. The second kappa shape index (κ2) is 12.6. The minimum Gasteiger partial charge on any atom is -0.455 e. The third-order valence-corrected chi connectivity index (χ3v) is 10.7. The lowest BCUT2D eigenvalue weighted by Gasteiger charge is -2.14. The van der Waals surface area contributed by atoms with Crippen molar-refractivity contribution in [1.82, 2.24) is 15.0 Å². The van der Waals surface area contributed by atoms with E-state index in [0.717, 1.165) is 55.3 Å². The van der Waals surface area contributed by atoms with Gasteiger partial charge in [0.15, 0.2) is 17.5 Å². The van der Waals surface area contributed by atoms with Crippen LogP contribution in [0.25, 0.3) is 111 Å². The first-order chi connectivity index (χ1) is 27.3. The number of hydrogen-bond donors (Lipinski definition) is 0. The molecule has 55 heavy (non-hydrogen) atoms. The summed E-state index contributed by atoms with van der Waals surface area (Å²) in [4.78, 5) is 15.8. The maximum Gasteiger partial charge on any atom is 0.167 e. The third kappa shape index (κ3) is 5.19. The SMILES string of the molecule is c1cc(-c2nc(-c3ccccc3-c3cccc4ccccc34)nc(-c3cccc4c3oc3ccccc34)n2)cc(-c2cc3ccccc3c3ccccc23)c1. The van der Waals surface area contributed by atoms with Crippen molar-refractivity contribution in [3.63, 3.8) is 0 Å². The summed E-state index contributed by atoms with van der Waals surface area (Å²) < 4.78 is 6.52. The van der Waals surface area contributed by atoms with Gasteiger partial charge in [0.2, 0.25) is 0 Å². The molecule has 0 aliphatic carbocycles. The van der Waals surface area contributed by atoms with Gasteiger partial charge in [0, 0.05) is 21.9 Å². The van der Waals surface area contributed by atoms with Crippen LogP contribution in [0.3, 0.4) is 0 Å². The van der Waals surface area contributed by atoms with Crippen LogP contribution < -0.4 is 0 Å². The molecule has 0 N–H and O–H groups in total. The van der Waals surface area contributed by atoms with Gasteiger partial charge in [0.1, 0.15) is 11.2 Å². The molecule has 9 aromatic carbocycles. The molecule has 0 radical (unpaired) electrons. The van der Waals surface area contributed by atoms with Crippen LogP contribution in [0, 0.1) is 0 Å². The van der Waals surface area contributed by atoms with Crippen molar-refractivity contribution < 1.29 is 4.42 Å². The van der Waals surface area contributed by atoms with Crippen LogP contribution in [0.15, 0.2) is 192 Å². The van der Waals surface area contributed by atoms with Crippen molar-refractivity contribution in [1.29, 1.82) is 0 Å². The van der Waals surface area contributed by atoms with E-state index in [1.54, 1.807) is 0 Å². The lowest BCUT2D eigenvalue weighted by Crippen LogP contribution is -2.01. The van der Waals surface area contributed by atoms with Gasteiger partial charge in [0.05, 0.1) is 5.56 Å². The van der Waals surface area contributed by atoms with E-state index in [1.165, 1.54) is 37.9 Å². The Morgan fingerprint density at radius 3 is 1.71 bits per heavy atom. The van der Waals surface area contributed by atoms with E-state index in [9.17, 15) is 0 Å². The molecule has 0 amide bonds. The smallest absolute Gasteiger partial charge is 0.167 e. The van der Waals surface area contributed by atoms with E-state index < -0.39 is 0 Å². The van der Waals surface area contributed by atoms with Crippen LogP contribution >= 0.6 is 0 Å². The minimum atomic E-state index is 0.555. The van der Waals surface area contributed by atoms with Gasteiger partial charge < -0.3 is 4.42 Å². The fourth-order valence-corrected chi connectivity index (χ4v) is 8.16. The van der Waals surface area contributed by atoms with Crippen molar-refractivity contribution in [3.05, 3.63) is 188 Å². The third-order valence-electron chi connectivity index (χ3n) is 10.7. The van der Waals surface area contributed by atoms with Crippen molar-refractivity contribution >= 4 is 54.3 Å². The summed E-state index contributed by atoms with van der Waals surface area (Å²) in [6.07, 6.45) is 0. The molecule has 4 heteroatoms. The van der Waals surface area contributed by atoms with Crippen molar-refractivity contribution in [2.45, 2.75) is 0 Å². The maximum absolute atomic E-state index is 6.52. The first-order valence-electron chi connectivity index (χ1n) is 18.5. The molecule has 0 fully saturated rings. The second-order valence-corrected chi connectivity index (χ2v) is 13.9. The largest absolute Gasteiger partial charge is 0.455 e. The summed E-state index contributed by atoms with van der Waals surface area (Å²) in [6, 6.07) is 65.8. The van der Waals surface area contributed by atoms with Gasteiger partial charge in [-0.15, -0.1) is 0 Å². The van der Waals surface area contributed by atoms with Gasteiger partial charge in [-0.3, -0.25) is 0 Å². The first-order valence-corrected chi connectivity index (χ1v) is 18.5. The Morgan fingerprint density at radius 2 is 0.836 bits per heavy atom. The Kier molecular flexibility index (Phi) is 7.14. The molecule has 4 nitrogen and oxygen atoms in total. The molecule has 0 spiro atoms. The van der Waals surface area contributed by atoms with Crippen LogP contribution in [0.1, 0.15) is 0 Å². The van der Waals surface area contributed by atoms with Crippen LogP contribution in [0.4, 0.5) is 0 Å². The number of nitrogens with zero attached hydrogens (tertiary/aromatic N) is 3. The average molecular weight is 702 g/mol. The highest BCUT2D eigenvalue weighted by Gasteiger charge is 2.20. The van der Waals surface area contributed by atoms with Gasteiger partial charge in [-0.25, -0.2) is 15.0 Å². The zero-order chi connectivity index (χ0) is 36.3. The molecule has 0 saturated heterocycles. The van der Waals surface area contributed by atoms with E-state index >= 15 is 0 Å². The molecule has 0 saturated carbocycles. The molecule has 2 aromatic heterocycles. The van der Waals surface area contributed by atoms with E-state index in [0.29, 0.717) is 17.5 Å². The minimum absolute atomic E-state index is 0.555. The molecule has 0 unspecified atom stereocenters. The van der Waals surface area contributed by atoms with Gasteiger partial charge in [0.25, 0.3) is 0 Å². The Bertz CT molecular complexity index is 3280. The quantitative estimate of drug-likeness (QED) is 0.168. The number of rotatable bonds is 5. The second-order valence-electron chi connectivity index (χ2n) is 13.9. The Hall–Kier alpha value is -7.43. The average Bonchev–Trinajstić information content (AvgIpc) is 3.65. The predicted octanol–water partition coefficient (Wildman–Crippen LogP) is 13.6. The molecule has 0 aliphatic heterocycles. The Morgan fingerprint density at radius 1 is 0.291 bits per heavy atom. The number of fused-ring (bicyclic) bond motifs is 7. The number of furan rings is 1. The highest BCUT2D eigenvalue weighted by molar-refractivity contribution is 6.14. The Labute approximate surface area is 317 Å². The van der Waals surface area contributed by atoms with Crippen molar-refractivity contribution in [3.8, 4) is 56.4 Å². The van der Waals surface area contributed by atoms with Gasteiger partial charge in [-0.2, -0.15) is 0 Å². The normalized spacial score (nSPS) is 11.6. The van der Waals surface area contributed by atoms with E-state index in [1.807, 2.05) is 24.3 Å². The van der Waals surface area contributed by atoms with Gasteiger partial charge in [-0.05, 0) is 78.8 Å². The van der Waals surface area contributed by atoms with Crippen LogP contribution in [-0.4, -0.2) is 15.0 Å². The standard InChI is InChI=1S/C51H31N3O/c1-3-19-36-32(14-1)16-12-26-39(36)40-22-7-8-25-44(40)50-52-49(53-51(54-50)45-28-13-27-43-42-24-9-10-29-47(42)55-48(43)45)35-18-11-17-33(30-35)46-31-34-15-2-4-20-37(34)38-21-5-6-23-41(38)46/h1-31H. The summed E-state index contributed by atoms with van der Waals surface area (Å²) in [5.74, 6) is 1.74. The Balaban J connectivity index is 1.15. The van der Waals surface area contributed by atoms with Gasteiger partial charge >= 0.3 is 0 Å². The van der Waals surface area contributed by atoms with Gasteiger partial charge in [-0.1, -0.05) is 164 Å². The topological polar surface area (TPSA) is 51.8 Å². The fraction of sp³-hybridized carbons (Fsp3) is 0. The maximum atomic E-state index is 6.52. The molecular formula is C51H31N3O. The molecule has 0 bridgehead atoms. The molecule has 2 heterocycles. The molecule has 11 rings (SSSR count). The lowest BCUT2D eigenvalue weighted by atomic mass is 9.92. The van der Waals surface area contributed by atoms with Crippen LogP contribution in [0.5, 0.6) is 0 Å². The summed E-state index contributed by atoms with van der Waals surface area (Å²) in [5, 5.41) is 9.33. The lowest BCUT2D eigenvalue weighted by molar-refractivity contribution is 0.669. The number of aromatic nitrogens is 3. The highest BCUT2D eigenvalue weighted by atomic mass is 16.3. The number of hydrogen-bond acceptors (Lipinski definition) is 4. The van der Waals surface area contributed by atoms with E-state index in [-0.39, 0.29) is 0 Å². The molecule has 0 atom stereocenters. The zero-order valence-electron chi connectivity index (χ0n) is 29.6. The van der Waals surface area contributed by atoms with Crippen molar-refractivity contribution in [2.75, 3.05) is 0 Å². The zero-order valence-corrected chi connectivity index (χ0v) is 29.6. The molecular weight excluding hydrogens is 671 g/mol. The van der Waals surface area contributed by atoms with Crippen molar-refractivity contribution in [2.24, 2.45) is 0 Å². The van der Waals surface area contributed by atoms with Crippen LogP contribution in [0.2, 0.25) is 0 Å². The molecule has 256 valence electrons. The summed E-state index contributed by atoms with van der Waals surface area (Å²) in [7, 11) is 0.